The van der Waals surface area contributed by atoms with Crippen molar-refractivity contribution in [2.75, 3.05) is 19.6 Å². The summed E-state index contributed by atoms with van der Waals surface area (Å²) < 4.78 is 13.0. The molecule has 0 radical (unpaired) electrons. The summed E-state index contributed by atoms with van der Waals surface area (Å²) >= 11 is 0. The summed E-state index contributed by atoms with van der Waals surface area (Å²) in [7, 11) is 0. The van der Waals surface area contributed by atoms with E-state index in [9.17, 15) is 19.1 Å². The third kappa shape index (κ3) is 2.97. The van der Waals surface area contributed by atoms with Crippen LogP contribution in [0.3, 0.4) is 0 Å². The predicted octanol–water partition coefficient (Wildman–Crippen LogP) is 1.08. The van der Waals surface area contributed by atoms with Gasteiger partial charge in [-0.2, -0.15) is 0 Å². The maximum atomic E-state index is 13.0. The number of rotatable bonds is 3. The Kier molecular flexibility index (Phi) is 4.11. The molecule has 0 bridgehead atoms. The zero-order chi connectivity index (χ0) is 15.7. The maximum Gasteiger partial charge on any atom is 0.242 e. The molecule has 0 aliphatic carbocycles. The zero-order valence-electron chi connectivity index (χ0n) is 12.2. The number of carbonyl (C=O) groups is 2. The lowest BCUT2D eigenvalue weighted by atomic mass is 10.0. The van der Waals surface area contributed by atoms with E-state index in [1.54, 1.807) is 21.9 Å². The average molecular weight is 306 g/mol. The molecule has 0 spiro atoms. The summed E-state index contributed by atoms with van der Waals surface area (Å²) in [6.07, 6.45) is 1.13. The Hall–Kier alpha value is -1.95. The van der Waals surface area contributed by atoms with Gasteiger partial charge < -0.3 is 14.9 Å². The van der Waals surface area contributed by atoms with E-state index in [1.807, 2.05) is 0 Å². The number of β-amino-alcohol motifs (C(OH)–C–C–N with tert-alkyl or cyclic N) is 1. The van der Waals surface area contributed by atoms with Crippen LogP contribution in [0, 0.1) is 5.82 Å². The van der Waals surface area contributed by atoms with Gasteiger partial charge in [0, 0.05) is 19.5 Å². The number of nitrogens with zero attached hydrogens (tertiary/aromatic N) is 2. The summed E-state index contributed by atoms with van der Waals surface area (Å²) in [5.74, 6) is -0.490. The van der Waals surface area contributed by atoms with Crippen molar-refractivity contribution in [1.82, 2.24) is 9.80 Å². The van der Waals surface area contributed by atoms with E-state index in [2.05, 4.69) is 0 Å². The number of aliphatic hydroxyl groups is 1. The fourth-order valence-electron chi connectivity index (χ4n) is 3.22. The molecule has 0 saturated carbocycles. The molecule has 22 heavy (non-hydrogen) atoms. The normalized spacial score (nSPS) is 25.1. The van der Waals surface area contributed by atoms with Gasteiger partial charge in [0.05, 0.1) is 18.7 Å². The third-order valence-corrected chi connectivity index (χ3v) is 4.35. The van der Waals surface area contributed by atoms with Gasteiger partial charge in [-0.15, -0.1) is 0 Å². The molecule has 0 aromatic heterocycles. The van der Waals surface area contributed by atoms with Gasteiger partial charge in [-0.1, -0.05) is 12.1 Å². The van der Waals surface area contributed by atoms with E-state index in [0.717, 1.165) is 12.0 Å². The van der Waals surface area contributed by atoms with Crippen LogP contribution in [-0.2, 0) is 9.59 Å². The van der Waals surface area contributed by atoms with Crippen LogP contribution in [0.5, 0.6) is 0 Å². The van der Waals surface area contributed by atoms with Crippen LogP contribution >= 0.6 is 0 Å². The molecule has 1 aromatic carbocycles. The van der Waals surface area contributed by atoms with Gasteiger partial charge in [-0.25, -0.2) is 4.39 Å². The Morgan fingerprint density at radius 3 is 2.68 bits per heavy atom. The van der Waals surface area contributed by atoms with Gasteiger partial charge in [0.15, 0.2) is 0 Å². The number of likely N-dealkylation sites (tertiary alicyclic amines) is 2. The predicted molar refractivity (Wildman–Crippen MR) is 77.3 cm³/mol. The molecular formula is C16H19FN2O3. The van der Waals surface area contributed by atoms with Crippen LogP contribution in [0.4, 0.5) is 4.39 Å². The first-order chi connectivity index (χ1) is 10.5. The topological polar surface area (TPSA) is 60.9 Å². The minimum atomic E-state index is -0.590. The molecule has 6 heteroatoms. The van der Waals surface area contributed by atoms with E-state index in [1.165, 1.54) is 12.1 Å². The fourth-order valence-corrected chi connectivity index (χ4v) is 3.22. The first-order valence-corrected chi connectivity index (χ1v) is 7.55. The van der Waals surface area contributed by atoms with E-state index < -0.39 is 6.10 Å². The average Bonchev–Trinajstić information content (AvgIpc) is 3.06. The largest absolute Gasteiger partial charge is 0.391 e. The molecule has 2 heterocycles. The minimum Gasteiger partial charge on any atom is -0.391 e. The lowest BCUT2D eigenvalue weighted by Crippen LogP contribution is -2.41. The first-order valence-electron chi connectivity index (χ1n) is 7.55. The Balaban J connectivity index is 1.73. The van der Waals surface area contributed by atoms with Gasteiger partial charge in [-0.05, 0) is 30.5 Å². The molecule has 118 valence electrons. The second-order valence-electron chi connectivity index (χ2n) is 5.92. The Bertz CT molecular complexity index is 575. The smallest absolute Gasteiger partial charge is 0.242 e. The van der Waals surface area contributed by atoms with E-state index in [-0.39, 0.29) is 36.8 Å². The van der Waals surface area contributed by atoms with Crippen LogP contribution in [0.15, 0.2) is 24.3 Å². The van der Waals surface area contributed by atoms with Gasteiger partial charge in [0.1, 0.15) is 5.82 Å². The van der Waals surface area contributed by atoms with Gasteiger partial charge in [0.25, 0.3) is 0 Å². The van der Waals surface area contributed by atoms with Crippen molar-refractivity contribution in [3.63, 3.8) is 0 Å². The van der Waals surface area contributed by atoms with Crippen LogP contribution in [0.1, 0.15) is 30.9 Å². The highest BCUT2D eigenvalue weighted by atomic mass is 19.1. The van der Waals surface area contributed by atoms with Crippen LogP contribution in [0.25, 0.3) is 0 Å². The molecule has 5 nitrogen and oxygen atoms in total. The van der Waals surface area contributed by atoms with Crippen molar-refractivity contribution in [1.29, 1.82) is 0 Å². The summed E-state index contributed by atoms with van der Waals surface area (Å²) in [6, 6.07) is 5.72. The highest BCUT2D eigenvalue weighted by molar-refractivity contribution is 5.86. The number of aliphatic hydroxyl groups excluding tert-OH is 1. The molecule has 2 aliphatic rings. The molecule has 3 rings (SSSR count). The Morgan fingerprint density at radius 2 is 2.05 bits per heavy atom. The first kappa shape index (κ1) is 15.0. The summed E-state index contributed by atoms with van der Waals surface area (Å²) in [5.41, 5.74) is 0.805. The summed E-state index contributed by atoms with van der Waals surface area (Å²) in [6.45, 7) is 0.925. The molecule has 2 aliphatic heterocycles. The molecule has 2 saturated heterocycles. The number of halogens is 1. The minimum absolute atomic E-state index is 0.00595. The molecular weight excluding hydrogens is 287 g/mol. The zero-order valence-corrected chi connectivity index (χ0v) is 12.2. The number of amides is 2. The lowest BCUT2D eigenvalue weighted by molar-refractivity contribution is -0.139. The number of hydrogen-bond acceptors (Lipinski definition) is 3. The molecule has 1 aromatic rings. The second-order valence-corrected chi connectivity index (χ2v) is 5.92. The van der Waals surface area contributed by atoms with Gasteiger partial charge in [0.2, 0.25) is 11.8 Å². The number of carbonyl (C=O) groups excluding carboxylic acids is 2. The van der Waals surface area contributed by atoms with Crippen molar-refractivity contribution in [2.45, 2.75) is 31.4 Å². The quantitative estimate of drug-likeness (QED) is 0.909. The molecule has 1 N–H and O–H groups in total. The van der Waals surface area contributed by atoms with Gasteiger partial charge in [-0.3, -0.25) is 9.59 Å². The van der Waals surface area contributed by atoms with Crippen molar-refractivity contribution >= 4 is 11.8 Å². The second kappa shape index (κ2) is 6.04. The molecule has 2 atom stereocenters. The monoisotopic (exact) mass is 306 g/mol. The van der Waals surface area contributed by atoms with Crippen molar-refractivity contribution in [2.24, 2.45) is 0 Å². The summed E-state index contributed by atoms with van der Waals surface area (Å²) in [4.78, 5) is 27.3. The van der Waals surface area contributed by atoms with Crippen LogP contribution < -0.4 is 0 Å². The fraction of sp³-hybridized carbons (Fsp3) is 0.500. The molecule has 2 fully saturated rings. The van der Waals surface area contributed by atoms with E-state index >= 15 is 0 Å². The highest BCUT2D eigenvalue weighted by Crippen LogP contribution is 2.32. The molecule has 0 unspecified atom stereocenters. The Morgan fingerprint density at radius 1 is 1.32 bits per heavy atom. The van der Waals surface area contributed by atoms with Crippen molar-refractivity contribution < 1.29 is 19.1 Å². The molecule has 2 amide bonds. The van der Waals surface area contributed by atoms with Crippen molar-refractivity contribution in [3.05, 3.63) is 35.6 Å². The number of hydrogen-bond donors (Lipinski definition) is 1. The number of benzene rings is 1. The van der Waals surface area contributed by atoms with E-state index in [4.69, 9.17) is 0 Å². The van der Waals surface area contributed by atoms with E-state index in [0.29, 0.717) is 19.4 Å². The van der Waals surface area contributed by atoms with Crippen molar-refractivity contribution in [3.8, 4) is 0 Å². The highest BCUT2D eigenvalue weighted by Gasteiger charge is 2.36. The van der Waals surface area contributed by atoms with Crippen LogP contribution in [-0.4, -0.2) is 52.5 Å². The Labute approximate surface area is 128 Å². The standard InChI is InChI=1S/C16H19FN2O3/c17-12-5-3-11(4-6-12)14-8-13(20)9-19(14)16(22)10-18-7-1-2-15(18)21/h3-6,13-14,20H,1-2,7-10H2/t13-,14-/m1/s1. The van der Waals surface area contributed by atoms with Gasteiger partial charge >= 0.3 is 0 Å². The SMILES string of the molecule is O=C1CCCN1CC(=O)N1C[C@H](O)C[C@@H]1c1ccc(F)cc1. The summed E-state index contributed by atoms with van der Waals surface area (Å²) in [5, 5.41) is 9.90. The third-order valence-electron chi connectivity index (χ3n) is 4.35. The maximum absolute atomic E-state index is 13.0. The van der Waals surface area contributed by atoms with Crippen LogP contribution in [0.2, 0.25) is 0 Å². The lowest BCUT2D eigenvalue weighted by Gasteiger charge is -2.27.